The van der Waals surface area contributed by atoms with Gasteiger partial charge in [0.2, 0.25) is 5.91 Å². The van der Waals surface area contributed by atoms with Crippen molar-refractivity contribution in [3.63, 3.8) is 0 Å². The number of halogens is 1. The molecule has 154 valence electrons. The molecule has 1 saturated heterocycles. The van der Waals surface area contributed by atoms with Crippen LogP contribution in [-0.4, -0.2) is 64.5 Å². The van der Waals surface area contributed by atoms with Crippen LogP contribution in [0.4, 0.5) is 4.39 Å². The van der Waals surface area contributed by atoms with Gasteiger partial charge in [-0.2, -0.15) is 10.2 Å². The molecule has 0 saturated carbocycles. The van der Waals surface area contributed by atoms with Crippen molar-refractivity contribution in [3.8, 4) is 22.6 Å². The number of amides is 1. The summed E-state index contributed by atoms with van der Waals surface area (Å²) in [7, 11) is 1.86. The van der Waals surface area contributed by atoms with E-state index in [1.807, 2.05) is 36.1 Å². The number of likely N-dealkylation sites (tertiary alicyclic amines) is 1. The Morgan fingerprint density at radius 1 is 1.20 bits per heavy atom. The van der Waals surface area contributed by atoms with Gasteiger partial charge in [-0.05, 0) is 0 Å². The zero-order valence-electron chi connectivity index (χ0n) is 16.7. The van der Waals surface area contributed by atoms with Crippen LogP contribution in [0.25, 0.3) is 28.3 Å². The Hall–Kier alpha value is -3.56. The van der Waals surface area contributed by atoms with Crippen LogP contribution < -0.4 is 0 Å². The van der Waals surface area contributed by atoms with Crippen LogP contribution in [0.1, 0.15) is 13.3 Å². The number of hydrogen-bond donors (Lipinski definition) is 0. The molecule has 0 N–H and O–H groups in total. The van der Waals surface area contributed by atoms with Crippen molar-refractivity contribution < 1.29 is 9.18 Å². The van der Waals surface area contributed by atoms with Crippen molar-refractivity contribution in [2.75, 3.05) is 19.8 Å². The zero-order chi connectivity index (χ0) is 20.9. The lowest BCUT2D eigenvalue weighted by Crippen LogP contribution is -2.64. The topological polar surface area (TPSA) is 86.1 Å². The van der Waals surface area contributed by atoms with Gasteiger partial charge >= 0.3 is 0 Å². The molecule has 4 aromatic rings. The van der Waals surface area contributed by atoms with Gasteiger partial charge in [-0.15, -0.1) is 0 Å². The van der Waals surface area contributed by atoms with E-state index in [9.17, 15) is 9.18 Å². The van der Waals surface area contributed by atoms with E-state index >= 15 is 0 Å². The van der Waals surface area contributed by atoms with E-state index < -0.39 is 12.2 Å². The van der Waals surface area contributed by atoms with E-state index in [-0.39, 0.29) is 5.91 Å². The van der Waals surface area contributed by atoms with E-state index in [4.69, 9.17) is 4.98 Å². The van der Waals surface area contributed by atoms with E-state index in [0.29, 0.717) is 25.3 Å². The van der Waals surface area contributed by atoms with Crippen molar-refractivity contribution in [3.05, 3.63) is 43.2 Å². The van der Waals surface area contributed by atoms with E-state index in [1.54, 1.807) is 32.9 Å². The SMILES string of the molecule is CC(=O)N1CC(CCF)(n2cc(-c3nc(-c4cnn(C)c4)cc4nccn34)cn2)C1. The largest absolute Gasteiger partial charge is 0.338 e. The second kappa shape index (κ2) is 6.75. The van der Waals surface area contributed by atoms with Gasteiger partial charge in [-0.3, -0.25) is 22.9 Å². The molecule has 0 unspecified atom stereocenters. The van der Waals surface area contributed by atoms with Gasteiger partial charge in [0.25, 0.3) is 0 Å². The van der Waals surface area contributed by atoms with Crippen LogP contribution in [0.3, 0.4) is 0 Å². The molecule has 0 aliphatic carbocycles. The van der Waals surface area contributed by atoms with Crippen LogP contribution in [0.5, 0.6) is 0 Å². The highest BCUT2D eigenvalue weighted by molar-refractivity contribution is 5.74. The van der Waals surface area contributed by atoms with Crippen LogP contribution in [-0.2, 0) is 17.4 Å². The van der Waals surface area contributed by atoms with Gasteiger partial charge in [0.1, 0.15) is 17.0 Å². The fourth-order valence-electron chi connectivity index (χ4n) is 4.01. The molecule has 5 rings (SSSR count). The number of nitrogens with zero attached hydrogens (tertiary/aromatic N) is 8. The lowest BCUT2D eigenvalue weighted by molar-refractivity contribution is -0.140. The Bertz CT molecular complexity index is 1230. The van der Waals surface area contributed by atoms with Crippen molar-refractivity contribution in [2.45, 2.75) is 18.9 Å². The third-order valence-electron chi connectivity index (χ3n) is 5.69. The van der Waals surface area contributed by atoms with Gasteiger partial charge in [0, 0.05) is 69.9 Å². The van der Waals surface area contributed by atoms with Gasteiger partial charge in [-0.25, -0.2) is 9.97 Å². The molecule has 1 fully saturated rings. The predicted octanol–water partition coefficient (Wildman–Crippen LogP) is 1.91. The molecular formula is C20H21FN8O. The molecule has 0 radical (unpaired) electrons. The quantitative estimate of drug-likeness (QED) is 0.504. The Kier molecular flexibility index (Phi) is 4.16. The maximum Gasteiger partial charge on any atom is 0.219 e. The third kappa shape index (κ3) is 2.87. The monoisotopic (exact) mass is 408 g/mol. The highest BCUT2D eigenvalue weighted by Gasteiger charge is 2.46. The number of aryl methyl sites for hydroxylation is 1. The fraction of sp³-hybridized carbons (Fsp3) is 0.350. The van der Waals surface area contributed by atoms with Crippen molar-refractivity contribution in [2.24, 2.45) is 7.05 Å². The van der Waals surface area contributed by atoms with E-state index in [2.05, 4.69) is 15.2 Å². The molecule has 0 atom stereocenters. The summed E-state index contributed by atoms with van der Waals surface area (Å²) >= 11 is 0. The fourth-order valence-corrected chi connectivity index (χ4v) is 4.01. The smallest absolute Gasteiger partial charge is 0.219 e. The first-order valence-corrected chi connectivity index (χ1v) is 9.69. The summed E-state index contributed by atoms with van der Waals surface area (Å²) in [6, 6.07) is 1.91. The summed E-state index contributed by atoms with van der Waals surface area (Å²) < 4.78 is 18.7. The average molecular weight is 408 g/mol. The summed E-state index contributed by atoms with van der Waals surface area (Å²) in [5.74, 6) is 0.677. The molecule has 1 amide bonds. The number of carbonyl (C=O) groups is 1. The van der Waals surface area contributed by atoms with Gasteiger partial charge < -0.3 is 4.90 Å². The van der Waals surface area contributed by atoms with E-state index in [1.165, 1.54) is 6.92 Å². The van der Waals surface area contributed by atoms with Crippen LogP contribution in [0, 0.1) is 0 Å². The highest BCUT2D eigenvalue weighted by atomic mass is 19.1. The Morgan fingerprint density at radius 2 is 2.00 bits per heavy atom. The molecule has 1 aliphatic rings. The maximum atomic E-state index is 13.3. The standard InChI is InChI=1S/C20H21FN8O/c1-14(30)27-12-20(13-27,3-4-21)29-11-16(9-24-29)19-25-17(15-8-23-26(2)10-15)7-18-22-5-6-28(18)19/h5-11H,3-4,12-13H2,1-2H3. The summed E-state index contributed by atoms with van der Waals surface area (Å²) in [4.78, 5) is 22.6. The Morgan fingerprint density at radius 3 is 2.70 bits per heavy atom. The minimum absolute atomic E-state index is 0.0113. The third-order valence-corrected chi connectivity index (χ3v) is 5.69. The van der Waals surface area contributed by atoms with Crippen molar-refractivity contribution >= 4 is 11.6 Å². The number of fused-ring (bicyclic) bond motifs is 1. The second-order valence-electron chi connectivity index (χ2n) is 7.74. The van der Waals surface area contributed by atoms with Crippen molar-refractivity contribution in [1.29, 1.82) is 0 Å². The number of hydrogen-bond acceptors (Lipinski definition) is 5. The van der Waals surface area contributed by atoms with Crippen LogP contribution >= 0.6 is 0 Å². The number of carbonyl (C=O) groups excluding carboxylic acids is 1. The Labute approximate surface area is 171 Å². The molecule has 9 nitrogen and oxygen atoms in total. The molecular weight excluding hydrogens is 387 g/mol. The van der Waals surface area contributed by atoms with Gasteiger partial charge in [0.15, 0.2) is 0 Å². The highest BCUT2D eigenvalue weighted by Crippen LogP contribution is 2.34. The predicted molar refractivity (Wildman–Crippen MR) is 107 cm³/mol. The number of imidazole rings is 1. The summed E-state index contributed by atoms with van der Waals surface area (Å²) in [6.45, 7) is 1.97. The molecule has 5 heterocycles. The first kappa shape index (κ1) is 18.5. The minimum Gasteiger partial charge on any atom is -0.338 e. The molecule has 1 aliphatic heterocycles. The lowest BCUT2D eigenvalue weighted by Gasteiger charge is -2.49. The second-order valence-corrected chi connectivity index (χ2v) is 7.74. The lowest BCUT2D eigenvalue weighted by atomic mass is 9.86. The van der Waals surface area contributed by atoms with Crippen molar-refractivity contribution in [1.82, 2.24) is 38.8 Å². The zero-order valence-corrected chi connectivity index (χ0v) is 16.7. The number of alkyl halides is 1. The van der Waals surface area contributed by atoms with Crippen LogP contribution in [0.2, 0.25) is 0 Å². The normalized spacial score (nSPS) is 15.5. The molecule has 30 heavy (non-hydrogen) atoms. The van der Waals surface area contributed by atoms with Gasteiger partial charge in [0.05, 0.1) is 30.3 Å². The molecule has 4 aromatic heterocycles. The average Bonchev–Trinajstić information content (AvgIpc) is 3.43. The molecule has 10 heteroatoms. The summed E-state index contributed by atoms with van der Waals surface area (Å²) in [5.41, 5.74) is 2.68. The molecule has 0 spiro atoms. The first-order chi connectivity index (χ1) is 14.5. The van der Waals surface area contributed by atoms with Crippen LogP contribution in [0.15, 0.2) is 43.2 Å². The number of rotatable bonds is 5. The minimum atomic E-state index is -0.520. The van der Waals surface area contributed by atoms with Gasteiger partial charge in [-0.1, -0.05) is 0 Å². The first-order valence-electron chi connectivity index (χ1n) is 9.69. The Balaban J connectivity index is 1.56. The summed E-state index contributed by atoms with van der Waals surface area (Å²) in [6.07, 6.45) is 11.1. The maximum absolute atomic E-state index is 13.3. The number of aromatic nitrogens is 7. The molecule has 0 bridgehead atoms. The molecule has 0 aromatic carbocycles. The summed E-state index contributed by atoms with van der Waals surface area (Å²) in [5, 5.41) is 8.74. The van der Waals surface area contributed by atoms with E-state index in [0.717, 1.165) is 22.5 Å².